The molecule has 0 spiro atoms. The van der Waals surface area contributed by atoms with E-state index in [2.05, 4.69) is 0 Å². The molecule has 0 unspecified atom stereocenters. The summed E-state index contributed by atoms with van der Waals surface area (Å²) in [7, 11) is 0. The van der Waals surface area contributed by atoms with Gasteiger partial charge in [0.2, 0.25) is 5.78 Å². The predicted octanol–water partition coefficient (Wildman–Crippen LogP) is -1.41. The van der Waals surface area contributed by atoms with E-state index in [1.165, 1.54) is 4.68 Å². The van der Waals surface area contributed by atoms with Gasteiger partial charge in [-0.25, -0.2) is 4.57 Å². The fraction of sp³-hybridized carbons (Fsp3) is 0.231. The van der Waals surface area contributed by atoms with E-state index in [4.69, 9.17) is 17.4 Å². The average Bonchev–Trinajstić information content (AvgIpc) is 2.70. The molecule has 1 heterocycles. The predicted molar refractivity (Wildman–Crippen MR) is 69.9 cm³/mol. The van der Waals surface area contributed by atoms with Crippen LogP contribution >= 0.6 is 11.6 Å². The topological polar surface area (TPSA) is 51.9 Å². The van der Waals surface area contributed by atoms with E-state index < -0.39 is 0 Å². The van der Waals surface area contributed by atoms with Gasteiger partial charge < -0.3 is 17.0 Å². The van der Waals surface area contributed by atoms with Crippen LogP contribution in [0.25, 0.3) is 0 Å². The highest BCUT2D eigenvalue weighted by Gasteiger charge is 2.17. The summed E-state index contributed by atoms with van der Waals surface area (Å²) >= 11 is 5.79. The molecule has 0 saturated carbocycles. The lowest BCUT2D eigenvalue weighted by atomic mass is 10.1. The third-order valence-electron chi connectivity index (χ3n) is 2.83. The molecular weight excluding hydrogens is 330 g/mol. The number of hydrogen-bond donors (Lipinski definition) is 1. The standard InChI is InChI=1S/C13H15ClN3O.BrH/c1-2-13-16(7-8-17(13)15)9-12(18)10-3-5-11(14)6-4-10;/h3-8H,2,9,15H2,1H3;1H/q+1;/p-1. The van der Waals surface area contributed by atoms with Crippen LogP contribution in [0.4, 0.5) is 0 Å². The number of imidazole rings is 1. The Morgan fingerprint density at radius 1 is 1.37 bits per heavy atom. The molecular formula is C13H15BrClN3O. The fourth-order valence-electron chi connectivity index (χ4n) is 1.88. The highest BCUT2D eigenvalue weighted by molar-refractivity contribution is 6.30. The van der Waals surface area contributed by atoms with Crippen LogP contribution in [0.15, 0.2) is 36.7 Å². The number of rotatable bonds is 4. The molecule has 0 atom stereocenters. The lowest BCUT2D eigenvalue weighted by molar-refractivity contribution is -0.646. The van der Waals surface area contributed by atoms with E-state index in [1.54, 1.807) is 30.5 Å². The fourth-order valence-corrected chi connectivity index (χ4v) is 2.01. The number of nitrogens with two attached hydrogens (primary N) is 1. The average molecular weight is 345 g/mol. The van der Waals surface area contributed by atoms with E-state index in [9.17, 15) is 4.79 Å². The first kappa shape index (κ1) is 15.7. The molecule has 102 valence electrons. The van der Waals surface area contributed by atoms with Gasteiger partial charge in [-0.05, 0) is 24.3 Å². The van der Waals surface area contributed by atoms with Crippen LogP contribution in [0.1, 0.15) is 23.1 Å². The second kappa shape index (κ2) is 6.73. The second-order valence-electron chi connectivity index (χ2n) is 4.03. The van der Waals surface area contributed by atoms with Gasteiger partial charge in [-0.3, -0.25) is 10.6 Å². The van der Waals surface area contributed by atoms with Crippen molar-refractivity contribution in [3.05, 3.63) is 53.1 Å². The smallest absolute Gasteiger partial charge is 0.279 e. The number of nitrogen functional groups attached to an aromatic ring is 1. The number of nitrogens with zero attached hydrogens (tertiary/aromatic N) is 2. The molecule has 0 radical (unpaired) electrons. The monoisotopic (exact) mass is 343 g/mol. The zero-order valence-corrected chi connectivity index (χ0v) is 12.9. The van der Waals surface area contributed by atoms with Crippen LogP contribution in [-0.4, -0.2) is 10.4 Å². The van der Waals surface area contributed by atoms with Gasteiger partial charge in [0.25, 0.3) is 5.82 Å². The number of hydrogen-bond acceptors (Lipinski definition) is 2. The zero-order valence-electron chi connectivity index (χ0n) is 10.5. The molecule has 0 fully saturated rings. The molecule has 2 N–H and O–H groups in total. The van der Waals surface area contributed by atoms with Gasteiger partial charge in [-0.2, -0.15) is 0 Å². The first-order valence-corrected chi connectivity index (χ1v) is 6.13. The van der Waals surface area contributed by atoms with Gasteiger partial charge in [-0.1, -0.05) is 18.5 Å². The van der Waals surface area contributed by atoms with Crippen LogP contribution < -0.4 is 27.5 Å². The molecule has 0 aliphatic rings. The molecule has 0 aliphatic carbocycles. The maximum absolute atomic E-state index is 12.1. The summed E-state index contributed by atoms with van der Waals surface area (Å²) in [5.41, 5.74) is 0.652. The summed E-state index contributed by atoms with van der Waals surface area (Å²) in [6.07, 6.45) is 4.33. The van der Waals surface area contributed by atoms with Crippen molar-refractivity contribution < 1.29 is 26.5 Å². The van der Waals surface area contributed by atoms with Gasteiger partial charge in [0.1, 0.15) is 6.20 Å². The van der Waals surface area contributed by atoms with Crippen molar-refractivity contribution in [3.8, 4) is 0 Å². The van der Waals surface area contributed by atoms with Gasteiger partial charge in [0.05, 0.1) is 0 Å². The molecule has 1 aromatic heterocycles. The van der Waals surface area contributed by atoms with Crippen molar-refractivity contribution in [3.63, 3.8) is 0 Å². The van der Waals surface area contributed by atoms with E-state index in [0.717, 1.165) is 12.2 Å². The Labute approximate surface area is 127 Å². The number of carbonyl (C=O) groups excluding carboxylic acids is 1. The maximum atomic E-state index is 12.1. The Morgan fingerprint density at radius 2 is 2.00 bits per heavy atom. The van der Waals surface area contributed by atoms with Crippen molar-refractivity contribution >= 4 is 17.4 Å². The van der Waals surface area contributed by atoms with Gasteiger partial charge in [0.15, 0.2) is 12.7 Å². The first-order chi connectivity index (χ1) is 8.61. The quantitative estimate of drug-likeness (QED) is 0.421. The van der Waals surface area contributed by atoms with Crippen molar-refractivity contribution in [2.45, 2.75) is 19.9 Å². The zero-order chi connectivity index (χ0) is 13.1. The van der Waals surface area contributed by atoms with Crippen LogP contribution in [0.5, 0.6) is 0 Å². The summed E-state index contributed by atoms with van der Waals surface area (Å²) in [6.45, 7) is 2.29. The summed E-state index contributed by atoms with van der Waals surface area (Å²) < 4.78 is 3.39. The van der Waals surface area contributed by atoms with E-state index in [-0.39, 0.29) is 29.3 Å². The number of Topliss-reactive ketones (excluding diaryl/α,β-unsaturated/α-hetero) is 1. The van der Waals surface area contributed by atoms with Crippen molar-refractivity contribution in [2.75, 3.05) is 5.84 Å². The molecule has 0 saturated heterocycles. The van der Waals surface area contributed by atoms with Crippen molar-refractivity contribution in [1.82, 2.24) is 4.57 Å². The third-order valence-corrected chi connectivity index (χ3v) is 3.09. The summed E-state index contributed by atoms with van der Waals surface area (Å²) in [5, 5.41) is 0.626. The summed E-state index contributed by atoms with van der Waals surface area (Å²) in [4.78, 5) is 12.1. The number of halogens is 2. The SMILES string of the molecule is CCc1n(CC(=O)c2ccc(Cl)cc2)cc[n+]1N.[Br-]. The number of aromatic nitrogens is 2. The minimum absolute atomic E-state index is 0. The van der Waals surface area contributed by atoms with Gasteiger partial charge >= 0.3 is 0 Å². The Morgan fingerprint density at radius 3 is 2.58 bits per heavy atom. The summed E-state index contributed by atoms with van der Waals surface area (Å²) in [5.74, 6) is 6.71. The van der Waals surface area contributed by atoms with Crippen molar-refractivity contribution in [1.29, 1.82) is 0 Å². The maximum Gasteiger partial charge on any atom is 0.279 e. The molecule has 0 bridgehead atoms. The Hall–Kier alpha value is -1.33. The van der Waals surface area contributed by atoms with Crippen LogP contribution in [0.3, 0.4) is 0 Å². The largest absolute Gasteiger partial charge is 1.00 e. The van der Waals surface area contributed by atoms with Crippen LogP contribution in [0.2, 0.25) is 5.02 Å². The summed E-state index contributed by atoms with van der Waals surface area (Å²) in [6, 6.07) is 6.90. The first-order valence-electron chi connectivity index (χ1n) is 5.75. The molecule has 2 aromatic rings. The number of carbonyl (C=O) groups is 1. The Bertz CT molecular complexity index is 566. The molecule has 4 nitrogen and oxygen atoms in total. The highest BCUT2D eigenvalue weighted by Crippen LogP contribution is 2.11. The van der Waals surface area contributed by atoms with E-state index in [1.807, 2.05) is 17.7 Å². The molecule has 2 rings (SSSR count). The molecule has 0 amide bonds. The highest BCUT2D eigenvalue weighted by atomic mass is 79.9. The lowest BCUT2D eigenvalue weighted by Gasteiger charge is -2.01. The Kier molecular flexibility index (Phi) is 5.57. The van der Waals surface area contributed by atoms with E-state index >= 15 is 0 Å². The normalized spacial score (nSPS) is 10.0. The molecule has 6 heteroatoms. The van der Waals surface area contributed by atoms with Gasteiger partial charge in [0, 0.05) is 17.0 Å². The minimum Gasteiger partial charge on any atom is -1.00 e. The van der Waals surface area contributed by atoms with E-state index in [0.29, 0.717) is 10.6 Å². The molecule has 0 aliphatic heterocycles. The third kappa shape index (κ3) is 3.58. The second-order valence-corrected chi connectivity index (χ2v) is 4.47. The molecule has 1 aromatic carbocycles. The Balaban J connectivity index is 0.00000180. The van der Waals surface area contributed by atoms with Crippen LogP contribution in [0, 0.1) is 0 Å². The lowest BCUT2D eigenvalue weighted by Crippen LogP contribution is -3.00. The number of benzene rings is 1. The minimum atomic E-state index is 0. The van der Waals surface area contributed by atoms with Gasteiger partial charge in [-0.15, -0.1) is 4.68 Å². The van der Waals surface area contributed by atoms with Crippen molar-refractivity contribution in [2.24, 2.45) is 0 Å². The molecule has 19 heavy (non-hydrogen) atoms. The van der Waals surface area contributed by atoms with Crippen LogP contribution in [-0.2, 0) is 13.0 Å². The number of ketones is 1.